The van der Waals surface area contributed by atoms with Gasteiger partial charge in [-0.3, -0.25) is 4.79 Å². The lowest BCUT2D eigenvalue weighted by Gasteiger charge is -2.43. The van der Waals surface area contributed by atoms with Gasteiger partial charge in [0.25, 0.3) is 5.95 Å². The van der Waals surface area contributed by atoms with Crippen LogP contribution in [-0.2, 0) is 10.2 Å². The average molecular weight is 418 g/mol. The van der Waals surface area contributed by atoms with Crippen LogP contribution >= 0.6 is 0 Å². The van der Waals surface area contributed by atoms with E-state index in [9.17, 15) is 13.6 Å². The van der Waals surface area contributed by atoms with Gasteiger partial charge in [0.15, 0.2) is 0 Å². The Morgan fingerprint density at radius 1 is 1.27 bits per heavy atom. The summed E-state index contributed by atoms with van der Waals surface area (Å²) >= 11 is 0. The second-order valence-electron chi connectivity index (χ2n) is 8.61. The quantitative estimate of drug-likeness (QED) is 0.748. The van der Waals surface area contributed by atoms with E-state index >= 15 is 0 Å². The second-order valence-corrected chi connectivity index (χ2v) is 8.61. The van der Waals surface area contributed by atoms with E-state index in [4.69, 9.17) is 0 Å². The van der Waals surface area contributed by atoms with Crippen LogP contribution in [0.15, 0.2) is 24.3 Å². The van der Waals surface area contributed by atoms with Crippen molar-refractivity contribution < 1.29 is 18.3 Å². The van der Waals surface area contributed by atoms with Crippen molar-refractivity contribution in [3.05, 3.63) is 29.8 Å². The second kappa shape index (κ2) is 7.17. The Hall–Kier alpha value is -2.78. The van der Waals surface area contributed by atoms with Crippen molar-refractivity contribution in [1.82, 2.24) is 25.9 Å². The van der Waals surface area contributed by atoms with Crippen LogP contribution in [0, 0.1) is 5.92 Å². The summed E-state index contributed by atoms with van der Waals surface area (Å²) in [5.74, 6) is 1.08. The Morgan fingerprint density at radius 3 is 2.63 bits per heavy atom. The summed E-state index contributed by atoms with van der Waals surface area (Å²) in [4.78, 5) is 15.5. The monoisotopic (exact) mass is 418 g/mol. The van der Waals surface area contributed by atoms with Gasteiger partial charge in [0.1, 0.15) is 5.75 Å². The number of carbonyl (C=O) groups excluding carboxylic acids is 1. The molecule has 1 aliphatic carbocycles. The maximum atomic E-state index is 13.3. The zero-order valence-electron chi connectivity index (χ0n) is 16.6. The summed E-state index contributed by atoms with van der Waals surface area (Å²) in [5.41, 5.74) is 0.253. The van der Waals surface area contributed by atoms with Gasteiger partial charge in [-0.25, -0.2) is 0 Å². The first kappa shape index (κ1) is 19.2. The number of H-pyrrole nitrogens is 1. The van der Waals surface area contributed by atoms with Gasteiger partial charge in [-0.2, -0.15) is 14.0 Å². The fraction of sp³-hybridized carbons (Fsp3) is 0.600. The molecule has 30 heavy (non-hydrogen) atoms. The molecule has 1 amide bonds. The SMILES string of the molecule is C[C@@H]1CC(NC(=O)C2(c3ccc(OC(F)F)cc3)CC2)[C@H]2CC[C@@H]1N2c1nn[nH]n1. The zero-order valence-corrected chi connectivity index (χ0v) is 16.6. The molecule has 2 saturated heterocycles. The number of hydrogen-bond donors (Lipinski definition) is 2. The lowest BCUT2D eigenvalue weighted by atomic mass is 9.87. The molecule has 160 valence electrons. The summed E-state index contributed by atoms with van der Waals surface area (Å²) in [6.45, 7) is -0.660. The van der Waals surface area contributed by atoms with Crippen molar-refractivity contribution in [2.24, 2.45) is 5.92 Å². The van der Waals surface area contributed by atoms with Gasteiger partial charge >= 0.3 is 6.61 Å². The van der Waals surface area contributed by atoms with E-state index in [1.54, 1.807) is 12.1 Å². The molecule has 3 aliphatic rings. The number of piperidine rings is 1. The fourth-order valence-electron chi connectivity index (χ4n) is 5.29. The number of rotatable bonds is 6. The standard InChI is InChI=1S/C20H24F2N6O2/c1-11-10-14(16-7-6-15(11)28(16)19-24-26-27-25-19)23-17(29)20(8-9-20)12-2-4-13(5-3-12)30-18(21)22/h2-5,11,14-16,18H,6-10H2,1H3,(H,23,29)(H,24,25,26,27)/t11-,14?,15+,16-/m1/s1. The molecule has 3 heterocycles. The molecule has 1 aromatic carbocycles. The van der Waals surface area contributed by atoms with Crippen LogP contribution in [0.4, 0.5) is 14.7 Å². The molecule has 0 spiro atoms. The number of nitrogens with one attached hydrogen (secondary N) is 2. The zero-order chi connectivity index (χ0) is 20.9. The van der Waals surface area contributed by atoms with E-state index in [2.05, 4.69) is 42.5 Å². The minimum Gasteiger partial charge on any atom is -0.435 e. The number of aromatic amines is 1. The van der Waals surface area contributed by atoms with Gasteiger partial charge in [-0.1, -0.05) is 24.2 Å². The van der Waals surface area contributed by atoms with Crippen molar-refractivity contribution >= 4 is 11.9 Å². The Morgan fingerprint density at radius 2 is 2.00 bits per heavy atom. The molecule has 3 fully saturated rings. The molecule has 4 atom stereocenters. The number of alkyl halides is 2. The Bertz CT molecular complexity index is 903. The van der Waals surface area contributed by atoms with Gasteiger partial charge in [0.05, 0.1) is 11.5 Å². The number of carbonyl (C=O) groups is 1. The number of ether oxygens (including phenoxy) is 1. The van der Waals surface area contributed by atoms with E-state index in [-0.39, 0.29) is 23.7 Å². The number of amides is 1. The van der Waals surface area contributed by atoms with E-state index in [1.807, 2.05) is 0 Å². The minimum absolute atomic E-state index is 0.000593. The number of fused-ring (bicyclic) bond motifs is 2. The van der Waals surface area contributed by atoms with Crippen LogP contribution in [0.5, 0.6) is 5.75 Å². The van der Waals surface area contributed by atoms with E-state index in [1.165, 1.54) is 12.1 Å². The molecule has 2 aromatic rings. The summed E-state index contributed by atoms with van der Waals surface area (Å²) in [5, 5.41) is 17.9. The number of anilines is 1. The molecule has 1 aromatic heterocycles. The van der Waals surface area contributed by atoms with Crippen molar-refractivity contribution in [3.63, 3.8) is 0 Å². The average Bonchev–Trinajstić information content (AvgIpc) is 3.19. The Balaban J connectivity index is 1.32. The van der Waals surface area contributed by atoms with Crippen LogP contribution in [0.1, 0.15) is 44.6 Å². The first-order chi connectivity index (χ1) is 14.5. The van der Waals surface area contributed by atoms with E-state index in [0.717, 1.165) is 37.7 Å². The molecule has 10 heteroatoms. The Kier molecular flexibility index (Phi) is 4.59. The third kappa shape index (κ3) is 3.18. The van der Waals surface area contributed by atoms with E-state index < -0.39 is 12.0 Å². The van der Waals surface area contributed by atoms with Crippen LogP contribution in [-0.4, -0.2) is 51.3 Å². The van der Waals surface area contributed by atoms with Crippen LogP contribution in [0.3, 0.4) is 0 Å². The number of benzene rings is 1. The Labute approximate surface area is 172 Å². The highest BCUT2D eigenvalue weighted by molar-refractivity contribution is 5.91. The molecular formula is C20H24F2N6O2. The largest absolute Gasteiger partial charge is 0.435 e. The van der Waals surface area contributed by atoms with Gasteiger partial charge in [0, 0.05) is 12.1 Å². The van der Waals surface area contributed by atoms with Crippen LogP contribution in [0.25, 0.3) is 0 Å². The first-order valence-electron chi connectivity index (χ1n) is 10.4. The highest BCUT2D eigenvalue weighted by atomic mass is 19.3. The molecule has 5 rings (SSSR count). The smallest absolute Gasteiger partial charge is 0.387 e. The predicted molar refractivity (Wildman–Crippen MR) is 103 cm³/mol. The lowest BCUT2D eigenvalue weighted by Crippen LogP contribution is -2.58. The predicted octanol–water partition coefficient (Wildman–Crippen LogP) is 2.39. The van der Waals surface area contributed by atoms with Crippen LogP contribution in [0.2, 0.25) is 0 Å². The fourth-order valence-corrected chi connectivity index (χ4v) is 5.29. The van der Waals surface area contributed by atoms with Crippen molar-refractivity contribution in [2.75, 3.05) is 4.90 Å². The third-order valence-corrected chi connectivity index (χ3v) is 6.92. The topological polar surface area (TPSA) is 96.0 Å². The van der Waals surface area contributed by atoms with Gasteiger partial charge in [-0.05, 0) is 60.9 Å². The van der Waals surface area contributed by atoms with Crippen molar-refractivity contribution in [3.8, 4) is 5.75 Å². The molecule has 2 N–H and O–H groups in total. The molecule has 1 unspecified atom stereocenters. The summed E-state index contributed by atoms with van der Waals surface area (Å²) < 4.78 is 29.2. The van der Waals surface area contributed by atoms with Crippen LogP contribution < -0.4 is 15.0 Å². The number of tetrazole rings is 1. The molecule has 8 nitrogen and oxygen atoms in total. The summed E-state index contributed by atoms with van der Waals surface area (Å²) in [7, 11) is 0. The van der Waals surface area contributed by atoms with Crippen molar-refractivity contribution in [1.29, 1.82) is 0 Å². The van der Waals surface area contributed by atoms with Gasteiger partial charge < -0.3 is 15.0 Å². The molecular weight excluding hydrogens is 394 g/mol. The number of aromatic nitrogens is 4. The highest BCUT2D eigenvalue weighted by Crippen LogP contribution is 2.49. The van der Waals surface area contributed by atoms with Gasteiger partial charge in [-0.15, -0.1) is 5.10 Å². The number of hydrogen-bond acceptors (Lipinski definition) is 6. The maximum absolute atomic E-state index is 13.3. The van der Waals surface area contributed by atoms with Gasteiger partial charge in [0.2, 0.25) is 5.91 Å². The number of halogens is 2. The summed E-state index contributed by atoms with van der Waals surface area (Å²) in [6.07, 6.45) is 4.42. The van der Waals surface area contributed by atoms with E-state index in [0.29, 0.717) is 17.9 Å². The summed E-state index contributed by atoms with van der Waals surface area (Å²) in [6, 6.07) is 6.93. The molecule has 2 aliphatic heterocycles. The molecule has 1 saturated carbocycles. The maximum Gasteiger partial charge on any atom is 0.387 e. The van der Waals surface area contributed by atoms with Crippen molar-refractivity contribution in [2.45, 2.75) is 69.2 Å². The lowest BCUT2D eigenvalue weighted by molar-refractivity contribution is -0.124. The normalized spacial score (nSPS) is 29.1. The highest BCUT2D eigenvalue weighted by Gasteiger charge is 2.54. The first-order valence-corrected chi connectivity index (χ1v) is 10.4. The minimum atomic E-state index is -2.86. The number of nitrogens with zero attached hydrogens (tertiary/aromatic N) is 4. The molecule has 0 radical (unpaired) electrons. The third-order valence-electron chi connectivity index (χ3n) is 6.92. The molecule has 2 bridgehead atoms.